The Hall–Kier alpha value is -1.47. The second-order valence-electron chi connectivity index (χ2n) is 3.95. The van der Waals surface area contributed by atoms with Crippen LogP contribution in [0.15, 0.2) is 16.7 Å². The minimum Gasteiger partial charge on any atom is -0.325 e. The van der Waals surface area contributed by atoms with Crippen molar-refractivity contribution >= 4 is 32.7 Å². The molecule has 2 heterocycles. The molecule has 94 valence electrons. The molecule has 2 aromatic heterocycles. The minimum atomic E-state index is -0.663. The van der Waals surface area contributed by atoms with Crippen LogP contribution in [0.25, 0.3) is 16.8 Å². The molecule has 18 heavy (non-hydrogen) atoms. The van der Waals surface area contributed by atoms with Gasteiger partial charge in [-0.1, -0.05) is 0 Å². The maximum atomic E-state index is 13.6. The van der Waals surface area contributed by atoms with Gasteiger partial charge in [0.2, 0.25) is 5.78 Å². The summed E-state index contributed by atoms with van der Waals surface area (Å²) in [5.74, 6) is -0.805. The molecule has 0 saturated heterocycles. The number of aromatic nitrogens is 3. The Morgan fingerprint density at radius 1 is 1.44 bits per heavy atom. The molecule has 0 atom stereocenters. The highest BCUT2D eigenvalue weighted by Gasteiger charge is 2.16. The third-order valence-electron chi connectivity index (χ3n) is 2.74. The van der Waals surface area contributed by atoms with Crippen molar-refractivity contribution in [3.05, 3.63) is 34.1 Å². The number of fused-ring (bicyclic) bond motifs is 3. The van der Waals surface area contributed by atoms with Crippen LogP contribution in [0, 0.1) is 11.6 Å². The van der Waals surface area contributed by atoms with Crippen LogP contribution in [0.2, 0.25) is 0 Å². The zero-order chi connectivity index (χ0) is 12.9. The Morgan fingerprint density at radius 3 is 2.94 bits per heavy atom. The van der Waals surface area contributed by atoms with Gasteiger partial charge in [0, 0.05) is 18.7 Å². The maximum absolute atomic E-state index is 13.6. The summed E-state index contributed by atoms with van der Waals surface area (Å²) >= 11 is 3.41. The van der Waals surface area contributed by atoms with Crippen molar-refractivity contribution in [2.75, 3.05) is 7.05 Å². The topological polar surface area (TPSA) is 45.1 Å². The van der Waals surface area contributed by atoms with E-state index in [2.05, 4.69) is 31.2 Å². The van der Waals surface area contributed by atoms with Crippen molar-refractivity contribution in [2.24, 2.45) is 0 Å². The first-order valence-corrected chi connectivity index (χ1v) is 6.09. The van der Waals surface area contributed by atoms with E-state index in [0.29, 0.717) is 22.4 Å². The summed E-state index contributed by atoms with van der Waals surface area (Å²) in [6.45, 7) is 0.600. The van der Waals surface area contributed by atoms with E-state index in [0.717, 1.165) is 11.8 Å². The van der Waals surface area contributed by atoms with E-state index < -0.39 is 11.6 Å². The van der Waals surface area contributed by atoms with Gasteiger partial charge in [-0.2, -0.15) is 0 Å². The van der Waals surface area contributed by atoms with Gasteiger partial charge in [0.15, 0.2) is 5.82 Å². The predicted octanol–water partition coefficient (Wildman–Crippen LogP) is 2.58. The summed E-state index contributed by atoms with van der Waals surface area (Å²) in [4.78, 5) is 7.18. The Balaban J connectivity index is 2.40. The third-order valence-corrected chi connectivity index (χ3v) is 3.57. The number of rotatable bonds is 2. The van der Waals surface area contributed by atoms with E-state index in [9.17, 15) is 8.78 Å². The first-order chi connectivity index (χ1) is 8.61. The van der Waals surface area contributed by atoms with E-state index in [1.807, 2.05) is 7.05 Å². The minimum absolute atomic E-state index is 0.152. The molecule has 0 spiro atoms. The van der Waals surface area contributed by atoms with Crippen molar-refractivity contribution in [3.63, 3.8) is 0 Å². The molecule has 1 aromatic carbocycles. The number of imidazole rings is 2. The smallest absolute Gasteiger partial charge is 0.213 e. The Bertz CT molecular complexity index is 746. The van der Waals surface area contributed by atoms with E-state index >= 15 is 0 Å². The van der Waals surface area contributed by atoms with Crippen LogP contribution in [0.1, 0.15) is 5.69 Å². The summed E-state index contributed by atoms with van der Waals surface area (Å²) < 4.78 is 29.2. The molecule has 2 N–H and O–H groups in total. The fraction of sp³-hybridized carbons (Fsp3) is 0.182. The molecule has 0 saturated carbocycles. The number of H-pyrrole nitrogens is 1. The van der Waals surface area contributed by atoms with Crippen LogP contribution in [0.4, 0.5) is 8.78 Å². The molecule has 0 amide bonds. The molecule has 0 radical (unpaired) electrons. The second-order valence-corrected chi connectivity index (χ2v) is 4.70. The summed E-state index contributed by atoms with van der Waals surface area (Å²) in [7, 11) is 1.81. The van der Waals surface area contributed by atoms with Gasteiger partial charge >= 0.3 is 0 Å². The average molecular weight is 315 g/mol. The quantitative estimate of drug-likeness (QED) is 0.763. The molecule has 3 rings (SSSR count). The van der Waals surface area contributed by atoms with Crippen molar-refractivity contribution in [2.45, 2.75) is 6.54 Å². The number of nitrogens with one attached hydrogen (secondary N) is 2. The van der Waals surface area contributed by atoms with Gasteiger partial charge in [-0.15, -0.1) is 0 Å². The molecule has 0 unspecified atom stereocenters. The van der Waals surface area contributed by atoms with Gasteiger partial charge < -0.3 is 10.3 Å². The molecule has 7 heteroatoms. The molecule has 0 aliphatic heterocycles. The van der Waals surface area contributed by atoms with Gasteiger partial charge in [0.1, 0.15) is 15.9 Å². The summed E-state index contributed by atoms with van der Waals surface area (Å²) in [5, 5.41) is 3.00. The SMILES string of the molecule is CNCc1[nH]c2nc3c(F)cc(F)cc3n2c1Br. The highest BCUT2D eigenvalue weighted by Crippen LogP contribution is 2.26. The van der Waals surface area contributed by atoms with Crippen LogP contribution in [0.3, 0.4) is 0 Å². The molecule has 3 aromatic rings. The van der Waals surface area contributed by atoms with Gasteiger partial charge in [0.25, 0.3) is 0 Å². The van der Waals surface area contributed by atoms with Crippen molar-refractivity contribution in [1.82, 2.24) is 19.7 Å². The lowest BCUT2D eigenvalue weighted by Gasteiger charge is -1.98. The first-order valence-electron chi connectivity index (χ1n) is 5.30. The van der Waals surface area contributed by atoms with Gasteiger partial charge in [-0.3, -0.25) is 4.40 Å². The van der Waals surface area contributed by atoms with Crippen LogP contribution in [-0.4, -0.2) is 21.4 Å². The summed E-state index contributed by atoms with van der Waals surface area (Å²) in [6, 6.07) is 2.09. The summed E-state index contributed by atoms with van der Waals surface area (Å²) in [6.07, 6.45) is 0. The largest absolute Gasteiger partial charge is 0.325 e. The number of halogens is 3. The van der Waals surface area contributed by atoms with Gasteiger partial charge in [-0.25, -0.2) is 13.8 Å². The zero-order valence-corrected chi connectivity index (χ0v) is 11.0. The van der Waals surface area contributed by atoms with Crippen molar-refractivity contribution in [1.29, 1.82) is 0 Å². The Kier molecular flexibility index (Phi) is 2.60. The lowest BCUT2D eigenvalue weighted by atomic mass is 10.3. The van der Waals surface area contributed by atoms with Crippen LogP contribution < -0.4 is 5.32 Å². The van der Waals surface area contributed by atoms with Crippen LogP contribution in [0.5, 0.6) is 0 Å². The monoisotopic (exact) mass is 314 g/mol. The fourth-order valence-electron chi connectivity index (χ4n) is 2.00. The van der Waals surface area contributed by atoms with E-state index in [1.54, 1.807) is 4.40 Å². The highest BCUT2D eigenvalue weighted by atomic mass is 79.9. The molecule has 0 fully saturated rings. The lowest BCUT2D eigenvalue weighted by molar-refractivity contribution is 0.590. The molecule has 4 nitrogen and oxygen atoms in total. The second kappa shape index (κ2) is 4.03. The summed E-state index contributed by atoms with van der Waals surface area (Å²) in [5.41, 5.74) is 1.42. The number of hydrogen-bond acceptors (Lipinski definition) is 2. The molecular formula is C11H9BrF2N4. The van der Waals surface area contributed by atoms with E-state index in [1.165, 1.54) is 6.07 Å². The Morgan fingerprint density at radius 2 is 2.22 bits per heavy atom. The number of hydrogen-bond donors (Lipinski definition) is 2. The van der Waals surface area contributed by atoms with Crippen molar-refractivity contribution in [3.8, 4) is 0 Å². The molecular weight excluding hydrogens is 306 g/mol. The number of aromatic amines is 1. The third kappa shape index (κ3) is 1.54. The zero-order valence-electron chi connectivity index (χ0n) is 9.39. The van der Waals surface area contributed by atoms with Gasteiger partial charge in [0.05, 0.1) is 11.2 Å². The van der Waals surface area contributed by atoms with E-state index in [4.69, 9.17) is 0 Å². The average Bonchev–Trinajstić information content (AvgIpc) is 2.79. The van der Waals surface area contributed by atoms with Crippen LogP contribution in [-0.2, 0) is 6.54 Å². The maximum Gasteiger partial charge on any atom is 0.213 e. The molecule has 0 aliphatic rings. The first kappa shape index (κ1) is 11.6. The Labute approximate surface area is 109 Å². The predicted molar refractivity (Wildman–Crippen MR) is 67.4 cm³/mol. The molecule has 0 bridgehead atoms. The number of nitrogens with zero attached hydrogens (tertiary/aromatic N) is 2. The van der Waals surface area contributed by atoms with Gasteiger partial charge in [-0.05, 0) is 23.0 Å². The van der Waals surface area contributed by atoms with Crippen LogP contribution >= 0.6 is 15.9 Å². The van der Waals surface area contributed by atoms with E-state index in [-0.39, 0.29) is 5.52 Å². The normalized spacial score (nSPS) is 11.8. The number of benzene rings is 1. The van der Waals surface area contributed by atoms with Crippen molar-refractivity contribution < 1.29 is 8.78 Å². The fourth-order valence-corrected chi connectivity index (χ4v) is 2.60. The standard InChI is InChI=1S/C11H9BrF2N4/c1-15-4-7-10(12)18-8-3-5(13)2-6(14)9(8)17-11(18)16-7/h2-3,15H,4H2,1H3,(H,16,17). The highest BCUT2D eigenvalue weighted by molar-refractivity contribution is 9.10. The molecule has 0 aliphatic carbocycles. The lowest BCUT2D eigenvalue weighted by Crippen LogP contribution is -2.06.